The number of aliphatic imine (C=N–C) groups is 1. The van der Waals surface area contributed by atoms with E-state index in [9.17, 15) is 4.79 Å². The van der Waals surface area contributed by atoms with Gasteiger partial charge in [0.05, 0.1) is 19.1 Å². The van der Waals surface area contributed by atoms with E-state index in [4.69, 9.17) is 9.47 Å². The Hall–Kier alpha value is -1.71. The predicted octanol–water partition coefficient (Wildman–Crippen LogP) is 2.87. The summed E-state index contributed by atoms with van der Waals surface area (Å²) in [5, 5.41) is 3.36. The van der Waals surface area contributed by atoms with E-state index in [1.807, 2.05) is 45.0 Å². The average molecular weight is 502 g/mol. The Morgan fingerprint density at radius 3 is 2.64 bits per heavy atom. The predicted molar refractivity (Wildman–Crippen MR) is 121 cm³/mol. The summed E-state index contributed by atoms with van der Waals surface area (Å²) in [6, 6.07) is 8.26. The van der Waals surface area contributed by atoms with Crippen molar-refractivity contribution >= 4 is 36.0 Å². The lowest BCUT2D eigenvalue weighted by atomic mass is 10.2. The maximum absolute atomic E-state index is 12.3. The smallest absolute Gasteiger partial charge is 0.410 e. The summed E-state index contributed by atoms with van der Waals surface area (Å²) in [6.07, 6.45) is -0.241. The lowest BCUT2D eigenvalue weighted by Crippen LogP contribution is -2.57. The number of hydrogen-bond acceptors (Lipinski definition) is 6. The first-order chi connectivity index (χ1) is 12.8. The molecule has 1 saturated heterocycles. The van der Waals surface area contributed by atoms with Gasteiger partial charge >= 0.3 is 6.09 Å². The Balaban J connectivity index is 0.00000280. The van der Waals surface area contributed by atoms with E-state index in [2.05, 4.69) is 22.1 Å². The number of amides is 1. The second-order valence-electron chi connectivity index (χ2n) is 8.03. The van der Waals surface area contributed by atoms with Crippen LogP contribution in [0.1, 0.15) is 26.3 Å². The number of benzene rings is 1. The monoisotopic (exact) mass is 502 g/mol. The Morgan fingerprint density at radius 1 is 1.25 bits per heavy atom. The highest BCUT2D eigenvalue weighted by molar-refractivity contribution is 14.0. The van der Waals surface area contributed by atoms with Crippen LogP contribution in [-0.4, -0.2) is 72.8 Å². The van der Waals surface area contributed by atoms with E-state index in [-0.39, 0.29) is 36.1 Å². The molecule has 2 heterocycles. The van der Waals surface area contributed by atoms with E-state index in [0.717, 1.165) is 18.3 Å². The third-order valence-corrected chi connectivity index (χ3v) is 4.53. The SMILES string of the molecule is Cc1ccc(OCCNC2=NCC3CN(C(=O)OC(C)(C)C)CCN23)cc1.I. The zero-order valence-electron chi connectivity index (χ0n) is 17.1. The molecule has 1 unspecified atom stereocenters. The topological polar surface area (TPSA) is 66.4 Å². The number of fused-ring (bicyclic) bond motifs is 1. The van der Waals surface area contributed by atoms with Gasteiger partial charge in [-0.2, -0.15) is 0 Å². The lowest BCUT2D eigenvalue weighted by Gasteiger charge is -2.39. The number of halogens is 1. The van der Waals surface area contributed by atoms with Crippen LogP contribution in [0.2, 0.25) is 0 Å². The quantitative estimate of drug-likeness (QED) is 0.507. The van der Waals surface area contributed by atoms with Crippen LogP contribution >= 0.6 is 24.0 Å². The minimum absolute atomic E-state index is 0. The summed E-state index contributed by atoms with van der Waals surface area (Å²) < 4.78 is 11.2. The van der Waals surface area contributed by atoms with Crippen molar-refractivity contribution in [1.29, 1.82) is 0 Å². The Bertz CT molecular complexity index is 688. The maximum atomic E-state index is 12.3. The number of hydrogen-bond donors (Lipinski definition) is 1. The fourth-order valence-electron chi connectivity index (χ4n) is 3.19. The highest BCUT2D eigenvalue weighted by Gasteiger charge is 2.36. The molecule has 1 N–H and O–H groups in total. The van der Waals surface area contributed by atoms with Gasteiger partial charge in [-0.15, -0.1) is 24.0 Å². The number of carbonyl (C=O) groups is 1. The van der Waals surface area contributed by atoms with E-state index in [1.165, 1.54) is 5.56 Å². The molecule has 7 nitrogen and oxygen atoms in total. The van der Waals surface area contributed by atoms with Crippen molar-refractivity contribution in [2.75, 3.05) is 39.3 Å². The molecular formula is C20H31IN4O3. The van der Waals surface area contributed by atoms with Crippen molar-refractivity contribution in [2.45, 2.75) is 39.3 Å². The molecule has 28 heavy (non-hydrogen) atoms. The average Bonchev–Trinajstić information content (AvgIpc) is 3.01. The van der Waals surface area contributed by atoms with Gasteiger partial charge in [0.1, 0.15) is 18.0 Å². The first-order valence-electron chi connectivity index (χ1n) is 9.54. The van der Waals surface area contributed by atoms with Crippen LogP contribution in [0.5, 0.6) is 5.75 Å². The van der Waals surface area contributed by atoms with Crippen molar-refractivity contribution < 1.29 is 14.3 Å². The standard InChI is InChI=1S/C20H30N4O3.HI/c1-15-5-7-17(8-6-15)26-12-9-21-18-22-13-16-14-23(10-11-24(16)18)19(25)27-20(2,3)4;/h5-8,16H,9-14H2,1-4H3,(H,21,22);1H. The summed E-state index contributed by atoms with van der Waals surface area (Å²) >= 11 is 0. The molecule has 2 aliphatic heterocycles. The Morgan fingerprint density at radius 2 is 1.96 bits per heavy atom. The number of guanidine groups is 1. The van der Waals surface area contributed by atoms with E-state index in [0.29, 0.717) is 32.8 Å². The molecule has 0 radical (unpaired) electrons. The molecule has 0 spiro atoms. The second-order valence-corrected chi connectivity index (χ2v) is 8.03. The van der Waals surface area contributed by atoms with Crippen molar-refractivity contribution in [2.24, 2.45) is 4.99 Å². The molecule has 1 aromatic rings. The van der Waals surface area contributed by atoms with Gasteiger partial charge < -0.3 is 24.6 Å². The van der Waals surface area contributed by atoms with E-state index >= 15 is 0 Å². The summed E-state index contributed by atoms with van der Waals surface area (Å²) in [4.78, 5) is 20.9. The van der Waals surface area contributed by atoms with Gasteiger partial charge in [-0.25, -0.2) is 4.79 Å². The Labute approximate surface area is 184 Å². The minimum atomic E-state index is -0.468. The molecular weight excluding hydrogens is 471 g/mol. The molecule has 156 valence electrons. The number of aryl methyl sites for hydroxylation is 1. The highest BCUT2D eigenvalue weighted by Crippen LogP contribution is 2.18. The summed E-state index contributed by atoms with van der Waals surface area (Å²) in [5.74, 6) is 1.77. The first kappa shape index (κ1) is 22.6. The molecule has 1 atom stereocenters. The van der Waals surface area contributed by atoms with Crippen molar-refractivity contribution in [3.8, 4) is 5.75 Å². The number of nitrogens with zero attached hydrogens (tertiary/aromatic N) is 3. The molecule has 1 amide bonds. The highest BCUT2D eigenvalue weighted by atomic mass is 127. The van der Waals surface area contributed by atoms with E-state index in [1.54, 1.807) is 4.90 Å². The van der Waals surface area contributed by atoms with Gasteiger partial charge in [0.2, 0.25) is 0 Å². The van der Waals surface area contributed by atoms with Crippen LogP contribution in [-0.2, 0) is 4.74 Å². The van der Waals surface area contributed by atoms with Crippen LogP contribution < -0.4 is 10.1 Å². The second kappa shape index (κ2) is 9.67. The van der Waals surface area contributed by atoms with Gasteiger partial charge in [-0.3, -0.25) is 4.99 Å². The number of ether oxygens (including phenoxy) is 2. The van der Waals surface area contributed by atoms with Gasteiger partial charge in [0.25, 0.3) is 0 Å². The van der Waals surface area contributed by atoms with Gasteiger partial charge in [0.15, 0.2) is 5.96 Å². The summed E-state index contributed by atoms with van der Waals surface area (Å²) in [6.45, 7) is 11.7. The molecule has 1 fully saturated rings. The van der Waals surface area contributed by atoms with Crippen LogP contribution in [0.25, 0.3) is 0 Å². The molecule has 0 saturated carbocycles. The maximum Gasteiger partial charge on any atom is 0.410 e. The number of carbonyl (C=O) groups excluding carboxylic acids is 1. The molecule has 2 aliphatic rings. The third kappa shape index (κ3) is 6.15. The fraction of sp³-hybridized carbons (Fsp3) is 0.600. The summed E-state index contributed by atoms with van der Waals surface area (Å²) in [5.41, 5.74) is 0.752. The van der Waals surface area contributed by atoms with Gasteiger partial charge in [-0.05, 0) is 39.8 Å². The fourth-order valence-corrected chi connectivity index (χ4v) is 3.19. The molecule has 3 rings (SSSR count). The number of rotatable bonds is 4. The van der Waals surface area contributed by atoms with Crippen LogP contribution in [0.4, 0.5) is 4.79 Å². The summed E-state index contributed by atoms with van der Waals surface area (Å²) in [7, 11) is 0. The van der Waals surface area contributed by atoms with Crippen LogP contribution in [0.3, 0.4) is 0 Å². The zero-order chi connectivity index (χ0) is 19.4. The van der Waals surface area contributed by atoms with Crippen LogP contribution in [0.15, 0.2) is 29.3 Å². The Kier molecular flexibility index (Phi) is 7.79. The van der Waals surface area contributed by atoms with Crippen molar-refractivity contribution in [3.05, 3.63) is 29.8 Å². The normalized spacial score (nSPS) is 18.7. The first-order valence-corrected chi connectivity index (χ1v) is 9.54. The molecule has 0 aliphatic carbocycles. The van der Waals surface area contributed by atoms with Crippen molar-refractivity contribution in [3.63, 3.8) is 0 Å². The van der Waals surface area contributed by atoms with E-state index < -0.39 is 5.60 Å². The molecule has 8 heteroatoms. The zero-order valence-corrected chi connectivity index (χ0v) is 19.4. The third-order valence-electron chi connectivity index (χ3n) is 4.53. The van der Waals surface area contributed by atoms with Gasteiger partial charge in [-0.1, -0.05) is 17.7 Å². The van der Waals surface area contributed by atoms with Crippen molar-refractivity contribution in [1.82, 2.24) is 15.1 Å². The number of nitrogens with one attached hydrogen (secondary N) is 1. The van der Waals surface area contributed by atoms with Crippen LogP contribution in [0, 0.1) is 6.92 Å². The largest absolute Gasteiger partial charge is 0.492 e. The molecule has 0 bridgehead atoms. The number of piperazine rings is 1. The van der Waals surface area contributed by atoms with Gasteiger partial charge in [0, 0.05) is 19.6 Å². The molecule has 1 aromatic carbocycles. The lowest BCUT2D eigenvalue weighted by molar-refractivity contribution is 0.0137. The minimum Gasteiger partial charge on any atom is -0.492 e. The molecule has 0 aromatic heterocycles.